The number of hydrogen-bond acceptors (Lipinski definition) is 8. The van der Waals surface area contributed by atoms with E-state index >= 15 is 0 Å². The number of carbonyl (C=O) groups is 2. The fourth-order valence-corrected chi connectivity index (χ4v) is 3.09. The van der Waals surface area contributed by atoms with Gasteiger partial charge in [-0.05, 0) is 18.2 Å². The maximum atomic E-state index is 12.0. The molecule has 0 fully saturated rings. The van der Waals surface area contributed by atoms with Crippen LogP contribution in [-0.2, 0) is 16.1 Å². The number of anilines is 2. The first-order chi connectivity index (χ1) is 13.0. The second-order valence-corrected chi connectivity index (χ2v) is 6.12. The zero-order valence-electron chi connectivity index (χ0n) is 14.0. The van der Waals surface area contributed by atoms with Gasteiger partial charge in [-0.25, -0.2) is 9.78 Å². The summed E-state index contributed by atoms with van der Waals surface area (Å²) in [5.41, 5.74) is 1.11. The number of furan rings is 1. The van der Waals surface area contributed by atoms with Crippen LogP contribution in [0.1, 0.15) is 23.2 Å². The van der Waals surface area contributed by atoms with Gasteiger partial charge in [-0.2, -0.15) is 0 Å². The fraction of sp³-hybridized carbons (Fsp3) is 0.118. The van der Waals surface area contributed by atoms with E-state index in [0.29, 0.717) is 16.5 Å². The fourth-order valence-electron chi connectivity index (χ4n) is 2.22. The molecule has 0 aliphatic rings. The zero-order chi connectivity index (χ0) is 19.4. The molecule has 3 rings (SSSR count). The third-order valence-electron chi connectivity index (χ3n) is 3.38. The van der Waals surface area contributed by atoms with Crippen molar-refractivity contribution in [2.24, 2.45) is 0 Å². The van der Waals surface area contributed by atoms with Crippen LogP contribution < -0.4 is 4.90 Å². The number of esters is 1. The number of carbonyl (C=O) groups excluding carboxylic acids is 2. The van der Waals surface area contributed by atoms with E-state index < -0.39 is 16.8 Å². The van der Waals surface area contributed by atoms with Crippen molar-refractivity contribution in [3.8, 4) is 0 Å². The molecule has 0 atom stereocenters. The number of para-hydroxylation sites is 1. The highest BCUT2D eigenvalue weighted by Gasteiger charge is 2.20. The van der Waals surface area contributed by atoms with Gasteiger partial charge >= 0.3 is 11.9 Å². The number of amides is 1. The van der Waals surface area contributed by atoms with Gasteiger partial charge in [-0.15, -0.1) is 11.3 Å². The molecule has 0 aliphatic heterocycles. The van der Waals surface area contributed by atoms with Crippen molar-refractivity contribution in [1.82, 2.24) is 4.98 Å². The minimum absolute atomic E-state index is 0.162. The van der Waals surface area contributed by atoms with Crippen molar-refractivity contribution in [3.63, 3.8) is 0 Å². The smallest absolute Gasteiger partial charge is 0.433 e. The molecule has 0 N–H and O–H groups in total. The summed E-state index contributed by atoms with van der Waals surface area (Å²) in [5, 5.41) is 12.7. The molecule has 0 radical (unpaired) electrons. The lowest BCUT2D eigenvalue weighted by molar-refractivity contribution is -0.402. The Morgan fingerprint density at radius 3 is 2.63 bits per heavy atom. The molecule has 0 aliphatic carbocycles. The number of nitro groups is 1. The molecule has 9 nitrogen and oxygen atoms in total. The minimum atomic E-state index is -0.843. The van der Waals surface area contributed by atoms with Gasteiger partial charge in [0.25, 0.3) is 0 Å². The first-order valence-electron chi connectivity index (χ1n) is 7.67. The summed E-state index contributed by atoms with van der Waals surface area (Å²) in [5.74, 6) is -1.87. The Kier molecular flexibility index (Phi) is 5.27. The average Bonchev–Trinajstić information content (AvgIpc) is 3.30. The first kappa shape index (κ1) is 18.3. The van der Waals surface area contributed by atoms with Crippen LogP contribution in [-0.4, -0.2) is 21.8 Å². The van der Waals surface area contributed by atoms with Crippen LogP contribution in [0.3, 0.4) is 0 Å². The van der Waals surface area contributed by atoms with Crippen molar-refractivity contribution >= 4 is 39.9 Å². The molecule has 138 valence electrons. The summed E-state index contributed by atoms with van der Waals surface area (Å²) in [6, 6.07) is 11.3. The Morgan fingerprint density at radius 2 is 2.00 bits per heavy atom. The van der Waals surface area contributed by atoms with Crippen molar-refractivity contribution in [2.75, 3.05) is 4.90 Å². The van der Waals surface area contributed by atoms with Crippen molar-refractivity contribution in [1.29, 1.82) is 0 Å². The molecule has 0 saturated heterocycles. The van der Waals surface area contributed by atoms with Crippen LogP contribution in [0, 0.1) is 10.1 Å². The summed E-state index contributed by atoms with van der Waals surface area (Å²) in [6.07, 6.45) is 0. The van der Waals surface area contributed by atoms with Gasteiger partial charge in [-0.1, -0.05) is 18.2 Å². The van der Waals surface area contributed by atoms with Gasteiger partial charge in [0.1, 0.15) is 11.5 Å². The summed E-state index contributed by atoms with van der Waals surface area (Å²) in [7, 11) is 0. The van der Waals surface area contributed by atoms with E-state index in [4.69, 9.17) is 9.15 Å². The molecule has 1 amide bonds. The predicted octanol–water partition coefficient (Wildman–Crippen LogP) is 3.69. The molecule has 27 heavy (non-hydrogen) atoms. The van der Waals surface area contributed by atoms with E-state index in [2.05, 4.69) is 4.98 Å². The number of nitrogens with zero attached hydrogens (tertiary/aromatic N) is 3. The van der Waals surface area contributed by atoms with Crippen LogP contribution in [0.2, 0.25) is 0 Å². The maximum absolute atomic E-state index is 12.0. The Bertz CT molecular complexity index is 981. The van der Waals surface area contributed by atoms with E-state index in [0.717, 1.165) is 6.07 Å². The number of rotatable bonds is 6. The molecule has 10 heteroatoms. The number of thiazole rings is 1. The summed E-state index contributed by atoms with van der Waals surface area (Å²) in [6.45, 7) is 1.27. The number of hydrogen-bond donors (Lipinski definition) is 0. The molecular formula is C17H13N3O6S. The molecule has 0 unspecified atom stereocenters. The lowest BCUT2D eigenvalue weighted by Gasteiger charge is -2.17. The SMILES string of the molecule is CC(=O)N(c1ccccc1)c1nc(COC(=O)c2ccc([N+](=O)[O-])o2)cs1. The minimum Gasteiger partial charge on any atom is -0.453 e. The Labute approximate surface area is 157 Å². The van der Waals surface area contributed by atoms with E-state index in [-0.39, 0.29) is 18.3 Å². The van der Waals surface area contributed by atoms with Crippen LogP contribution in [0.25, 0.3) is 0 Å². The molecule has 2 aromatic heterocycles. The standard InChI is InChI=1S/C17H13N3O6S/c1-11(21)19(13-5-3-2-4-6-13)17-18-12(10-27-17)9-25-16(22)14-7-8-15(26-14)20(23)24/h2-8,10H,9H2,1H3. The van der Waals surface area contributed by atoms with Crippen molar-refractivity contribution < 1.29 is 23.7 Å². The van der Waals surface area contributed by atoms with E-state index in [1.807, 2.05) is 18.2 Å². The maximum Gasteiger partial charge on any atom is 0.433 e. The molecule has 0 saturated carbocycles. The van der Waals surface area contributed by atoms with Crippen molar-refractivity contribution in [3.05, 3.63) is 69.4 Å². The van der Waals surface area contributed by atoms with E-state index in [1.165, 1.54) is 29.2 Å². The molecular weight excluding hydrogens is 374 g/mol. The van der Waals surface area contributed by atoms with Crippen molar-refractivity contribution in [2.45, 2.75) is 13.5 Å². The number of ether oxygens (including phenoxy) is 1. The van der Waals surface area contributed by atoms with Crippen LogP contribution in [0.4, 0.5) is 16.7 Å². The molecule has 0 spiro atoms. The van der Waals surface area contributed by atoms with Crippen LogP contribution >= 0.6 is 11.3 Å². The topological polar surface area (TPSA) is 116 Å². The molecule has 2 heterocycles. The third kappa shape index (κ3) is 4.18. The molecule has 1 aromatic carbocycles. The first-order valence-corrected chi connectivity index (χ1v) is 8.55. The van der Waals surface area contributed by atoms with E-state index in [1.54, 1.807) is 17.5 Å². The normalized spacial score (nSPS) is 10.4. The Balaban J connectivity index is 1.69. The second-order valence-electron chi connectivity index (χ2n) is 5.28. The lowest BCUT2D eigenvalue weighted by Crippen LogP contribution is -2.22. The van der Waals surface area contributed by atoms with Gasteiger partial charge in [0.2, 0.25) is 11.7 Å². The van der Waals surface area contributed by atoms with Crippen LogP contribution in [0.15, 0.2) is 52.3 Å². The van der Waals surface area contributed by atoms with E-state index in [9.17, 15) is 19.7 Å². The Hall–Kier alpha value is -3.53. The Morgan fingerprint density at radius 1 is 1.26 bits per heavy atom. The highest BCUT2D eigenvalue weighted by molar-refractivity contribution is 7.14. The lowest BCUT2D eigenvalue weighted by atomic mass is 10.3. The summed E-state index contributed by atoms with van der Waals surface area (Å²) < 4.78 is 9.84. The summed E-state index contributed by atoms with van der Waals surface area (Å²) in [4.78, 5) is 39.5. The highest BCUT2D eigenvalue weighted by atomic mass is 32.1. The number of aromatic nitrogens is 1. The molecule has 3 aromatic rings. The zero-order valence-corrected chi connectivity index (χ0v) is 14.8. The van der Waals surface area contributed by atoms with Gasteiger partial charge in [0.05, 0.1) is 17.4 Å². The number of benzene rings is 1. The van der Waals surface area contributed by atoms with Gasteiger partial charge in [0, 0.05) is 12.3 Å². The molecule has 0 bridgehead atoms. The van der Waals surface area contributed by atoms with Gasteiger partial charge < -0.3 is 9.15 Å². The second kappa shape index (κ2) is 7.79. The third-order valence-corrected chi connectivity index (χ3v) is 4.26. The average molecular weight is 387 g/mol. The predicted molar refractivity (Wildman–Crippen MR) is 95.9 cm³/mol. The highest BCUT2D eigenvalue weighted by Crippen LogP contribution is 2.29. The van der Waals surface area contributed by atoms with Gasteiger partial charge in [0.15, 0.2) is 5.13 Å². The monoisotopic (exact) mass is 387 g/mol. The van der Waals surface area contributed by atoms with Gasteiger partial charge in [-0.3, -0.25) is 19.8 Å². The quantitative estimate of drug-likeness (QED) is 0.360. The summed E-state index contributed by atoms with van der Waals surface area (Å²) >= 11 is 1.23. The van der Waals surface area contributed by atoms with Crippen LogP contribution in [0.5, 0.6) is 0 Å². The largest absolute Gasteiger partial charge is 0.453 e.